The highest BCUT2D eigenvalue weighted by molar-refractivity contribution is 7.91. The summed E-state index contributed by atoms with van der Waals surface area (Å²) in [4.78, 5) is 6.29. The predicted molar refractivity (Wildman–Crippen MR) is 139 cm³/mol. The van der Waals surface area contributed by atoms with Crippen LogP contribution in [0.5, 0.6) is 0 Å². The van der Waals surface area contributed by atoms with Crippen molar-refractivity contribution in [3.05, 3.63) is 89.0 Å². The van der Waals surface area contributed by atoms with Crippen LogP contribution < -0.4 is 0 Å². The summed E-state index contributed by atoms with van der Waals surface area (Å²) in [6.45, 7) is 2.23. The van der Waals surface area contributed by atoms with Crippen LogP contribution >= 0.6 is 0 Å². The van der Waals surface area contributed by atoms with E-state index in [1.54, 1.807) is 6.07 Å². The number of likely N-dealkylation sites (tertiary alicyclic amines) is 1. The Morgan fingerprint density at radius 1 is 1.03 bits per heavy atom. The van der Waals surface area contributed by atoms with Gasteiger partial charge in [-0.1, -0.05) is 48.5 Å². The summed E-state index contributed by atoms with van der Waals surface area (Å²) < 4.78 is 25.0. The van der Waals surface area contributed by atoms with Crippen LogP contribution in [0, 0.1) is 0 Å². The molecule has 1 atom stereocenters. The minimum atomic E-state index is -3.33. The summed E-state index contributed by atoms with van der Waals surface area (Å²) in [5, 5.41) is 12.1. The molecule has 6 heteroatoms. The number of rotatable bonds is 4. The van der Waals surface area contributed by atoms with Gasteiger partial charge in [0.1, 0.15) is 5.60 Å². The molecule has 0 radical (unpaired) electrons. The first kappa shape index (κ1) is 22.5. The number of hydrogen-bond acceptors (Lipinski definition) is 4. The van der Waals surface area contributed by atoms with E-state index in [1.807, 2.05) is 42.5 Å². The lowest BCUT2D eigenvalue weighted by atomic mass is 9.93. The standard InChI is InChI=1S/C29H30N2O3S/c1-35(33,34)26-12-6-11-25-27(26)23-10-5-7-21-14-13-20(17-24(21)28(23)30-25)18-31-16-15-29(32,19-31)22-8-3-2-4-9-22/h2-4,6,8-9,11-14,17,30,32H,5,7,10,15-16,18-19H2,1H3. The maximum absolute atomic E-state index is 12.5. The third kappa shape index (κ3) is 3.99. The van der Waals surface area contributed by atoms with Crippen molar-refractivity contribution in [2.24, 2.45) is 0 Å². The molecule has 0 bridgehead atoms. The molecule has 0 amide bonds. The van der Waals surface area contributed by atoms with Gasteiger partial charge in [0.05, 0.1) is 10.6 Å². The van der Waals surface area contributed by atoms with Crippen LogP contribution in [0.4, 0.5) is 0 Å². The summed E-state index contributed by atoms with van der Waals surface area (Å²) in [5.41, 5.74) is 6.88. The maximum atomic E-state index is 12.5. The third-order valence-electron chi connectivity index (χ3n) is 7.65. The first-order valence-electron chi connectivity index (χ1n) is 12.3. The van der Waals surface area contributed by atoms with Gasteiger partial charge in [-0.3, -0.25) is 4.90 Å². The van der Waals surface area contributed by atoms with E-state index >= 15 is 0 Å². The number of benzene rings is 3. The zero-order valence-corrected chi connectivity index (χ0v) is 20.7. The Hall–Kier alpha value is -2.93. The molecule has 1 saturated heterocycles. The molecule has 2 aliphatic rings. The largest absolute Gasteiger partial charge is 0.384 e. The van der Waals surface area contributed by atoms with Gasteiger partial charge in [0, 0.05) is 42.4 Å². The fraction of sp³-hybridized carbons (Fsp3) is 0.310. The average molecular weight is 487 g/mol. The van der Waals surface area contributed by atoms with Gasteiger partial charge in [-0.2, -0.15) is 0 Å². The van der Waals surface area contributed by atoms with Gasteiger partial charge in [0.2, 0.25) is 0 Å². The molecule has 0 saturated carbocycles. The van der Waals surface area contributed by atoms with Crippen molar-refractivity contribution in [2.45, 2.75) is 42.7 Å². The Kier molecular flexibility index (Phi) is 5.36. The third-order valence-corrected chi connectivity index (χ3v) is 8.79. The SMILES string of the molecule is CS(=O)(=O)c1cccc2[nH]c3c(c12)CCCc1ccc(CN2CCC(O)(c4ccccc4)C2)cc1-3. The van der Waals surface area contributed by atoms with Gasteiger partial charge in [0.15, 0.2) is 9.84 Å². The number of sulfone groups is 1. The Bertz CT molecular complexity index is 1520. The lowest BCUT2D eigenvalue weighted by molar-refractivity contribution is 0.0453. The second-order valence-electron chi connectivity index (χ2n) is 10.1. The summed E-state index contributed by atoms with van der Waals surface area (Å²) >= 11 is 0. The molecule has 1 fully saturated rings. The second kappa shape index (κ2) is 8.33. The Labute approximate surface area is 206 Å². The van der Waals surface area contributed by atoms with Crippen molar-refractivity contribution in [1.82, 2.24) is 9.88 Å². The molecular formula is C29H30N2O3S. The number of aromatic nitrogens is 1. The van der Waals surface area contributed by atoms with E-state index in [1.165, 1.54) is 22.9 Å². The first-order valence-corrected chi connectivity index (χ1v) is 14.2. The quantitative estimate of drug-likeness (QED) is 0.434. The highest BCUT2D eigenvalue weighted by Gasteiger charge is 2.37. The molecular weight excluding hydrogens is 456 g/mol. The van der Waals surface area contributed by atoms with Crippen LogP contribution in [0.25, 0.3) is 22.2 Å². The number of H-pyrrole nitrogens is 1. The van der Waals surface area contributed by atoms with Crippen LogP contribution in [-0.4, -0.2) is 42.8 Å². The lowest BCUT2D eigenvalue weighted by Gasteiger charge is -2.24. The van der Waals surface area contributed by atoms with E-state index in [4.69, 9.17) is 0 Å². The molecule has 1 aromatic heterocycles. The minimum Gasteiger partial charge on any atom is -0.384 e. The molecule has 6 rings (SSSR count). The number of aliphatic hydroxyl groups is 1. The van der Waals surface area contributed by atoms with Crippen LogP contribution in [-0.2, 0) is 34.8 Å². The number of β-amino-alcohol motifs (C(OH)–C–C–N with tert-alkyl or cyclic N) is 1. The summed E-state index contributed by atoms with van der Waals surface area (Å²) in [6.07, 6.45) is 4.82. The van der Waals surface area contributed by atoms with E-state index in [2.05, 4.69) is 28.1 Å². The van der Waals surface area contributed by atoms with E-state index in [9.17, 15) is 13.5 Å². The minimum absolute atomic E-state index is 0.407. The van der Waals surface area contributed by atoms with Crippen molar-refractivity contribution in [3.8, 4) is 11.3 Å². The van der Waals surface area contributed by atoms with Gasteiger partial charge in [0.25, 0.3) is 0 Å². The number of fused-ring (bicyclic) bond motifs is 5. The van der Waals surface area contributed by atoms with Gasteiger partial charge >= 0.3 is 0 Å². The molecule has 1 aliphatic carbocycles. The van der Waals surface area contributed by atoms with Crippen LogP contribution in [0.15, 0.2) is 71.6 Å². The topological polar surface area (TPSA) is 73.4 Å². The Balaban J connectivity index is 1.35. The normalized spacial score (nSPS) is 20.5. The molecule has 180 valence electrons. The van der Waals surface area contributed by atoms with Gasteiger partial charge < -0.3 is 10.1 Å². The number of nitrogens with one attached hydrogen (secondary N) is 1. The van der Waals surface area contributed by atoms with Crippen LogP contribution in [0.1, 0.15) is 35.1 Å². The van der Waals surface area contributed by atoms with E-state index in [0.29, 0.717) is 11.4 Å². The second-order valence-corrected chi connectivity index (χ2v) is 12.1. The number of aromatic amines is 1. The van der Waals surface area contributed by atoms with E-state index in [-0.39, 0.29) is 0 Å². The monoisotopic (exact) mass is 486 g/mol. The molecule has 1 unspecified atom stereocenters. The summed E-state index contributed by atoms with van der Waals surface area (Å²) in [7, 11) is -3.33. The summed E-state index contributed by atoms with van der Waals surface area (Å²) in [5.74, 6) is 0. The van der Waals surface area contributed by atoms with Crippen LogP contribution in [0.3, 0.4) is 0 Å². The van der Waals surface area contributed by atoms with E-state index < -0.39 is 15.4 Å². The van der Waals surface area contributed by atoms with Crippen molar-refractivity contribution in [1.29, 1.82) is 0 Å². The summed E-state index contributed by atoms with van der Waals surface area (Å²) in [6, 6.07) is 22.1. The van der Waals surface area contributed by atoms with Crippen LogP contribution in [0.2, 0.25) is 0 Å². The molecule has 35 heavy (non-hydrogen) atoms. The molecule has 1 aliphatic heterocycles. The molecule has 3 aromatic carbocycles. The maximum Gasteiger partial charge on any atom is 0.176 e. The average Bonchev–Trinajstić information content (AvgIpc) is 3.35. The molecule has 4 aromatic rings. The number of aryl methyl sites for hydroxylation is 2. The first-order chi connectivity index (χ1) is 16.8. The van der Waals surface area contributed by atoms with Gasteiger partial charge in [-0.05, 0) is 66.1 Å². The van der Waals surface area contributed by atoms with Crippen molar-refractivity contribution in [2.75, 3.05) is 19.3 Å². The fourth-order valence-corrected chi connectivity index (χ4v) is 6.88. The Morgan fingerprint density at radius 3 is 2.66 bits per heavy atom. The smallest absolute Gasteiger partial charge is 0.176 e. The molecule has 0 spiro atoms. The van der Waals surface area contributed by atoms with E-state index in [0.717, 1.165) is 66.5 Å². The number of nitrogens with zero attached hydrogens (tertiary/aromatic N) is 1. The fourth-order valence-electron chi connectivity index (χ4n) is 5.95. The van der Waals surface area contributed by atoms with Gasteiger partial charge in [-0.15, -0.1) is 0 Å². The molecule has 5 nitrogen and oxygen atoms in total. The predicted octanol–water partition coefficient (Wildman–Crippen LogP) is 4.82. The van der Waals surface area contributed by atoms with Crippen molar-refractivity contribution in [3.63, 3.8) is 0 Å². The molecule has 2 N–H and O–H groups in total. The highest BCUT2D eigenvalue weighted by atomic mass is 32.2. The van der Waals surface area contributed by atoms with Crippen molar-refractivity contribution < 1.29 is 13.5 Å². The van der Waals surface area contributed by atoms with Gasteiger partial charge in [-0.25, -0.2) is 8.42 Å². The number of hydrogen-bond donors (Lipinski definition) is 2. The molecule has 2 heterocycles. The Morgan fingerprint density at radius 2 is 1.86 bits per heavy atom. The lowest BCUT2D eigenvalue weighted by Crippen LogP contribution is -2.30. The highest BCUT2D eigenvalue weighted by Crippen LogP contribution is 2.40. The van der Waals surface area contributed by atoms with Crippen molar-refractivity contribution >= 4 is 20.7 Å². The zero-order valence-electron chi connectivity index (χ0n) is 19.9. The zero-order chi connectivity index (χ0) is 24.2.